The van der Waals surface area contributed by atoms with E-state index in [2.05, 4.69) is 21.2 Å². The maximum absolute atomic E-state index is 11.8. The Labute approximate surface area is 112 Å². The van der Waals surface area contributed by atoms with Gasteiger partial charge in [-0.2, -0.15) is 0 Å². The number of nitrogens with one attached hydrogen (secondary N) is 1. The molecule has 1 aromatic rings. The SMILES string of the molecule is Nc1cc(Br)ccc1C(=O)NC(CCO)C(=O)O. The number of aliphatic hydroxyl groups is 1. The van der Waals surface area contributed by atoms with Crippen molar-refractivity contribution in [2.75, 3.05) is 12.3 Å². The molecule has 0 aliphatic rings. The molecule has 0 fully saturated rings. The van der Waals surface area contributed by atoms with Crippen LogP contribution >= 0.6 is 15.9 Å². The summed E-state index contributed by atoms with van der Waals surface area (Å²) >= 11 is 3.21. The number of amides is 1. The van der Waals surface area contributed by atoms with Crippen molar-refractivity contribution in [3.8, 4) is 0 Å². The molecule has 1 amide bonds. The fraction of sp³-hybridized carbons (Fsp3) is 0.273. The molecule has 5 N–H and O–H groups in total. The van der Waals surface area contributed by atoms with Gasteiger partial charge in [-0.15, -0.1) is 0 Å². The number of aliphatic carboxylic acids is 1. The van der Waals surface area contributed by atoms with Gasteiger partial charge in [0.1, 0.15) is 6.04 Å². The summed E-state index contributed by atoms with van der Waals surface area (Å²) in [5.74, 6) is -1.78. The van der Waals surface area contributed by atoms with Crippen molar-refractivity contribution in [1.29, 1.82) is 0 Å². The molecule has 0 saturated carbocycles. The summed E-state index contributed by atoms with van der Waals surface area (Å²) in [4.78, 5) is 22.6. The molecule has 0 spiro atoms. The van der Waals surface area contributed by atoms with Crippen molar-refractivity contribution in [3.63, 3.8) is 0 Å². The highest BCUT2D eigenvalue weighted by Crippen LogP contribution is 2.18. The summed E-state index contributed by atoms with van der Waals surface area (Å²) in [5, 5.41) is 19.9. The molecule has 0 aliphatic carbocycles. The van der Waals surface area contributed by atoms with E-state index < -0.39 is 17.9 Å². The predicted octanol–water partition coefficient (Wildman–Crippen LogP) is 0.597. The topological polar surface area (TPSA) is 113 Å². The number of rotatable bonds is 5. The van der Waals surface area contributed by atoms with E-state index in [4.69, 9.17) is 15.9 Å². The zero-order valence-electron chi connectivity index (χ0n) is 9.39. The van der Waals surface area contributed by atoms with E-state index in [1.165, 1.54) is 6.07 Å². The Bertz CT molecular complexity index is 464. The summed E-state index contributed by atoms with van der Waals surface area (Å²) < 4.78 is 0.724. The highest BCUT2D eigenvalue weighted by atomic mass is 79.9. The van der Waals surface area contributed by atoms with Gasteiger partial charge in [-0.3, -0.25) is 4.79 Å². The number of carbonyl (C=O) groups is 2. The zero-order chi connectivity index (χ0) is 13.7. The summed E-state index contributed by atoms with van der Waals surface area (Å²) in [5.41, 5.74) is 6.10. The Kier molecular flexibility index (Phi) is 5.11. The number of nitrogen functional groups attached to an aromatic ring is 1. The molecule has 0 bridgehead atoms. The molecular formula is C11H13BrN2O4. The lowest BCUT2D eigenvalue weighted by atomic mass is 10.1. The highest BCUT2D eigenvalue weighted by Gasteiger charge is 2.21. The van der Waals surface area contributed by atoms with E-state index >= 15 is 0 Å². The van der Waals surface area contributed by atoms with Crippen LogP contribution in [0.1, 0.15) is 16.8 Å². The third-order valence-electron chi connectivity index (χ3n) is 2.28. The molecule has 0 saturated heterocycles. The van der Waals surface area contributed by atoms with Gasteiger partial charge < -0.3 is 21.3 Å². The number of anilines is 1. The van der Waals surface area contributed by atoms with Crippen molar-refractivity contribution in [3.05, 3.63) is 28.2 Å². The maximum Gasteiger partial charge on any atom is 0.326 e. The largest absolute Gasteiger partial charge is 0.480 e. The van der Waals surface area contributed by atoms with Crippen LogP contribution in [0.2, 0.25) is 0 Å². The average Bonchev–Trinajstić information content (AvgIpc) is 2.27. The second-order valence-corrected chi connectivity index (χ2v) is 4.52. The molecular weight excluding hydrogens is 304 g/mol. The number of halogens is 1. The molecule has 1 aromatic carbocycles. The monoisotopic (exact) mass is 316 g/mol. The number of hydrogen-bond donors (Lipinski definition) is 4. The van der Waals surface area contributed by atoms with Gasteiger partial charge >= 0.3 is 5.97 Å². The first-order valence-corrected chi connectivity index (χ1v) is 5.94. The molecule has 0 heterocycles. The maximum atomic E-state index is 11.8. The fourth-order valence-corrected chi connectivity index (χ4v) is 1.74. The molecule has 0 aromatic heterocycles. The lowest BCUT2D eigenvalue weighted by Gasteiger charge is -2.14. The van der Waals surface area contributed by atoms with Gasteiger partial charge in [0.15, 0.2) is 0 Å². The third kappa shape index (κ3) is 3.71. The van der Waals surface area contributed by atoms with Crippen molar-refractivity contribution < 1.29 is 19.8 Å². The Morgan fingerprint density at radius 3 is 2.61 bits per heavy atom. The number of nitrogens with two attached hydrogens (primary N) is 1. The Balaban J connectivity index is 2.83. The van der Waals surface area contributed by atoms with E-state index in [-0.39, 0.29) is 24.3 Å². The van der Waals surface area contributed by atoms with Crippen LogP contribution in [0.3, 0.4) is 0 Å². The van der Waals surface area contributed by atoms with Gasteiger partial charge in [0.2, 0.25) is 0 Å². The van der Waals surface area contributed by atoms with E-state index in [0.29, 0.717) is 0 Å². The smallest absolute Gasteiger partial charge is 0.326 e. The number of carboxylic acid groups (broad SMARTS) is 1. The summed E-state index contributed by atoms with van der Waals surface area (Å²) in [7, 11) is 0. The number of benzene rings is 1. The van der Waals surface area contributed by atoms with E-state index in [1.807, 2.05) is 0 Å². The number of aliphatic hydroxyl groups excluding tert-OH is 1. The van der Waals surface area contributed by atoms with Gasteiger partial charge in [0, 0.05) is 23.2 Å². The van der Waals surface area contributed by atoms with Crippen LogP contribution in [0.4, 0.5) is 5.69 Å². The first kappa shape index (κ1) is 14.5. The van der Waals surface area contributed by atoms with Gasteiger partial charge in [-0.05, 0) is 18.2 Å². The Hall–Kier alpha value is -1.60. The number of carboxylic acids is 1. The quantitative estimate of drug-likeness (QED) is 0.594. The normalized spacial score (nSPS) is 11.9. The van der Waals surface area contributed by atoms with Crippen LogP contribution in [0.5, 0.6) is 0 Å². The lowest BCUT2D eigenvalue weighted by Crippen LogP contribution is -2.41. The van der Waals surface area contributed by atoms with E-state index in [9.17, 15) is 9.59 Å². The molecule has 7 heteroatoms. The number of carbonyl (C=O) groups excluding carboxylic acids is 1. The zero-order valence-corrected chi connectivity index (χ0v) is 11.0. The van der Waals surface area contributed by atoms with E-state index in [0.717, 1.165) is 4.47 Å². The van der Waals surface area contributed by atoms with Crippen LogP contribution in [0.15, 0.2) is 22.7 Å². The minimum Gasteiger partial charge on any atom is -0.480 e. The predicted molar refractivity (Wildman–Crippen MR) is 69.1 cm³/mol. The standard InChI is InChI=1S/C11H13BrN2O4/c12-6-1-2-7(8(13)5-6)10(16)14-9(3-4-15)11(17)18/h1-2,5,9,15H,3-4,13H2,(H,14,16)(H,17,18). The minimum absolute atomic E-state index is 0.0580. The fourth-order valence-electron chi connectivity index (χ4n) is 1.36. The average molecular weight is 317 g/mol. The molecule has 98 valence electrons. The second kappa shape index (κ2) is 6.36. The van der Waals surface area contributed by atoms with Crippen molar-refractivity contribution in [2.24, 2.45) is 0 Å². The molecule has 1 unspecified atom stereocenters. The molecule has 0 radical (unpaired) electrons. The van der Waals surface area contributed by atoms with Crippen LogP contribution in [0.25, 0.3) is 0 Å². The Morgan fingerprint density at radius 1 is 1.44 bits per heavy atom. The molecule has 0 aliphatic heterocycles. The van der Waals surface area contributed by atoms with Crippen LogP contribution in [-0.4, -0.2) is 34.7 Å². The van der Waals surface area contributed by atoms with Gasteiger partial charge in [0.05, 0.1) is 5.56 Å². The summed E-state index contributed by atoms with van der Waals surface area (Å²) in [6.07, 6.45) is -0.0580. The third-order valence-corrected chi connectivity index (χ3v) is 2.77. The van der Waals surface area contributed by atoms with Crippen LogP contribution < -0.4 is 11.1 Å². The molecule has 1 atom stereocenters. The first-order chi connectivity index (χ1) is 8.45. The van der Waals surface area contributed by atoms with E-state index in [1.54, 1.807) is 12.1 Å². The molecule has 1 rings (SSSR count). The van der Waals surface area contributed by atoms with Gasteiger partial charge in [-0.25, -0.2) is 4.79 Å². The summed E-state index contributed by atoms with van der Waals surface area (Å²) in [6.45, 7) is -0.326. The first-order valence-electron chi connectivity index (χ1n) is 5.15. The highest BCUT2D eigenvalue weighted by molar-refractivity contribution is 9.10. The minimum atomic E-state index is -1.20. The lowest BCUT2D eigenvalue weighted by molar-refractivity contribution is -0.139. The Morgan fingerprint density at radius 2 is 2.11 bits per heavy atom. The van der Waals surface area contributed by atoms with Crippen LogP contribution in [0, 0.1) is 0 Å². The summed E-state index contributed by atoms with van der Waals surface area (Å²) in [6, 6.07) is 3.54. The number of hydrogen-bond acceptors (Lipinski definition) is 4. The van der Waals surface area contributed by atoms with Crippen molar-refractivity contribution in [1.82, 2.24) is 5.32 Å². The van der Waals surface area contributed by atoms with Gasteiger partial charge in [0.25, 0.3) is 5.91 Å². The van der Waals surface area contributed by atoms with Crippen molar-refractivity contribution in [2.45, 2.75) is 12.5 Å². The van der Waals surface area contributed by atoms with Gasteiger partial charge in [-0.1, -0.05) is 15.9 Å². The van der Waals surface area contributed by atoms with Crippen molar-refractivity contribution >= 4 is 33.5 Å². The molecule has 18 heavy (non-hydrogen) atoms. The molecule has 6 nitrogen and oxygen atoms in total. The van der Waals surface area contributed by atoms with Crippen LogP contribution in [-0.2, 0) is 4.79 Å². The second-order valence-electron chi connectivity index (χ2n) is 3.61.